The molecule has 0 saturated carbocycles. The molecule has 1 aromatic rings. The number of nitrogens with zero attached hydrogens (tertiary/aromatic N) is 1. The minimum atomic E-state index is -5.14. The van der Waals surface area contributed by atoms with Crippen molar-refractivity contribution in [3.63, 3.8) is 0 Å². The van der Waals surface area contributed by atoms with Gasteiger partial charge >= 0.3 is 43.6 Å². The normalized spacial score (nSPS) is 14.4. The SMILES string of the molecule is CSCC[C@H](NC(=O)[C@H](CC(C)C)NC(=O)[C@H](CCC(=O)O)NC(=O)[C@H](CCC(=O)O)NC(=O)[C@@H](N)CCCCN)C(=O)N[C@@H](CC(C)C)C(=O)N[C@@H](CCCN=C(N)N)C(=O)N[C@@H](CC(C)C)C(=O)N[C@@H](CCC(N)=O)C(=O)N[C@@H](CC(=O)O)C(=O)N[C@@H](Cc1ccc(OP(=O)(O)O)cc1)C(=O)N[C@@H](CCC(=O)O)C(=O)N[C@@H](CCC(=O)O)C(=O)O. The summed E-state index contributed by atoms with van der Waals surface area (Å²) in [5.41, 5.74) is 28.2. The van der Waals surface area contributed by atoms with E-state index in [9.17, 15) is 131 Å². The van der Waals surface area contributed by atoms with Crippen LogP contribution in [-0.4, -0.2) is 263 Å². The lowest BCUT2D eigenvalue weighted by Crippen LogP contribution is -2.61. The van der Waals surface area contributed by atoms with E-state index in [1.54, 1.807) is 47.8 Å². The number of phosphoric ester groups is 1. The zero-order valence-corrected chi connectivity index (χ0v) is 70.6. The second kappa shape index (κ2) is 56.3. The quantitative estimate of drug-likeness (QED) is 0.0126. The van der Waals surface area contributed by atoms with Crippen LogP contribution in [0.1, 0.15) is 176 Å². The maximum Gasteiger partial charge on any atom is 0.524 e. The van der Waals surface area contributed by atoms with Crippen molar-refractivity contribution in [3.05, 3.63) is 29.8 Å². The van der Waals surface area contributed by atoms with Crippen molar-refractivity contribution >= 4 is 138 Å². The number of rotatable bonds is 63. The predicted molar refractivity (Wildman–Crippen MR) is 434 cm³/mol. The van der Waals surface area contributed by atoms with E-state index in [1.807, 2.05) is 5.32 Å². The fourth-order valence-electron chi connectivity index (χ4n) is 11.6. The second-order valence-electron chi connectivity index (χ2n) is 29.8. The van der Waals surface area contributed by atoms with Crippen LogP contribution in [0.5, 0.6) is 5.75 Å². The van der Waals surface area contributed by atoms with E-state index in [0.717, 1.165) is 24.3 Å². The van der Waals surface area contributed by atoms with E-state index >= 15 is 0 Å². The Morgan fingerprint density at radius 1 is 0.393 bits per heavy atom. The number of carbonyl (C=O) groups is 19. The number of guanidine groups is 1. The Bertz CT molecular complexity index is 3830. The molecule has 0 fully saturated rings. The first-order valence-electron chi connectivity index (χ1n) is 39.0. The first-order chi connectivity index (χ1) is 56.9. The number of benzene rings is 1. The van der Waals surface area contributed by atoms with Crippen molar-refractivity contribution in [2.24, 2.45) is 51.4 Å². The number of carboxylic acid groups (broad SMARTS) is 6. The molecule has 0 saturated heterocycles. The van der Waals surface area contributed by atoms with E-state index in [-0.39, 0.29) is 74.7 Å². The number of hydrogen-bond acceptors (Lipinski definition) is 25. The van der Waals surface area contributed by atoms with E-state index in [1.165, 1.54) is 11.8 Å². The minimum absolute atomic E-state index is 0.0198. The summed E-state index contributed by atoms with van der Waals surface area (Å²) in [6.07, 6.45) is -7.12. The average molecular weight is 1780 g/mol. The molecular formula is C73H119N18O29PS. The molecule has 0 aliphatic heterocycles. The Balaban J connectivity index is 3.93. The van der Waals surface area contributed by atoms with Gasteiger partial charge in [-0.3, -0.25) is 101 Å². The molecule has 1 aromatic carbocycles. The molecule has 47 nitrogen and oxygen atoms in total. The maximum atomic E-state index is 14.8. The number of hydrogen-bond donors (Lipinski definition) is 25. The van der Waals surface area contributed by atoms with Crippen LogP contribution in [-0.2, 0) is 102 Å². The lowest BCUT2D eigenvalue weighted by Gasteiger charge is -2.29. The van der Waals surface area contributed by atoms with Crippen molar-refractivity contribution in [3.8, 4) is 5.75 Å². The Morgan fingerprint density at radius 2 is 0.705 bits per heavy atom. The second-order valence-corrected chi connectivity index (χ2v) is 32.0. The number of amides is 13. The molecule has 13 amide bonds. The zero-order chi connectivity index (χ0) is 92.8. The molecule has 686 valence electrons. The lowest BCUT2D eigenvalue weighted by atomic mass is 9.99. The average Bonchev–Trinajstić information content (AvgIpc) is 0.842. The number of nitrogens with one attached hydrogen (secondary N) is 12. The Labute approximate surface area is 706 Å². The monoisotopic (exact) mass is 1770 g/mol. The number of aliphatic carboxylic acids is 6. The topological polar surface area (TPSA) is 799 Å². The molecule has 0 aromatic heterocycles. The predicted octanol–water partition coefficient (Wildman–Crippen LogP) is -4.80. The molecule has 13 atom stereocenters. The molecule has 1 rings (SSSR count). The maximum absolute atomic E-state index is 14.8. The molecule has 30 N–H and O–H groups in total. The van der Waals surface area contributed by atoms with E-state index in [2.05, 4.69) is 68.0 Å². The summed E-state index contributed by atoms with van der Waals surface area (Å²) in [7, 11) is -5.14. The fourth-order valence-corrected chi connectivity index (χ4v) is 12.5. The van der Waals surface area contributed by atoms with Gasteiger partial charge in [0.25, 0.3) is 0 Å². The van der Waals surface area contributed by atoms with Crippen molar-refractivity contribution in [2.45, 2.75) is 255 Å². The van der Waals surface area contributed by atoms with Gasteiger partial charge in [-0.2, -0.15) is 11.8 Å². The first-order valence-corrected chi connectivity index (χ1v) is 42.0. The van der Waals surface area contributed by atoms with E-state index < -0.39 is 294 Å². The summed E-state index contributed by atoms with van der Waals surface area (Å²) in [5, 5.41) is 86.3. The molecule has 0 heterocycles. The number of carboxylic acids is 6. The van der Waals surface area contributed by atoms with Gasteiger partial charge in [-0.1, -0.05) is 60.1 Å². The molecule has 122 heavy (non-hydrogen) atoms. The number of phosphoric acid groups is 1. The summed E-state index contributed by atoms with van der Waals surface area (Å²) in [6, 6.07) is -18.1. The van der Waals surface area contributed by atoms with Crippen LogP contribution in [0.2, 0.25) is 0 Å². The summed E-state index contributed by atoms with van der Waals surface area (Å²) in [4.78, 5) is 277. The summed E-state index contributed by atoms with van der Waals surface area (Å²) < 4.78 is 16.1. The molecule has 0 radical (unpaired) electrons. The number of unbranched alkanes of at least 4 members (excludes halogenated alkanes) is 1. The molecule has 0 bridgehead atoms. The highest BCUT2D eigenvalue weighted by atomic mass is 32.2. The minimum Gasteiger partial charge on any atom is -0.481 e. The lowest BCUT2D eigenvalue weighted by molar-refractivity contribution is -0.144. The van der Waals surface area contributed by atoms with Gasteiger partial charge in [-0.15, -0.1) is 0 Å². The van der Waals surface area contributed by atoms with Gasteiger partial charge in [0.2, 0.25) is 76.8 Å². The number of nitrogens with two attached hydrogens (primary N) is 5. The molecular weight excluding hydrogens is 1660 g/mol. The van der Waals surface area contributed by atoms with Crippen molar-refractivity contribution in [1.29, 1.82) is 0 Å². The third-order valence-corrected chi connectivity index (χ3v) is 18.9. The third-order valence-electron chi connectivity index (χ3n) is 17.8. The Morgan fingerprint density at radius 3 is 1.04 bits per heavy atom. The zero-order valence-electron chi connectivity index (χ0n) is 68.9. The van der Waals surface area contributed by atoms with Crippen LogP contribution in [0.15, 0.2) is 29.3 Å². The number of aliphatic imine (C=N–C) groups is 1. The molecule has 0 aliphatic rings. The van der Waals surface area contributed by atoms with Crippen LogP contribution in [0.25, 0.3) is 0 Å². The summed E-state index contributed by atoms with van der Waals surface area (Å²) >= 11 is 1.25. The molecule has 0 unspecified atom stereocenters. The van der Waals surface area contributed by atoms with Gasteiger partial charge in [0.1, 0.15) is 78.3 Å². The van der Waals surface area contributed by atoms with Gasteiger partial charge in [-0.25, -0.2) is 9.36 Å². The summed E-state index contributed by atoms with van der Waals surface area (Å²) in [6.45, 7) is 10.1. The van der Waals surface area contributed by atoms with E-state index in [4.69, 9.17) is 33.8 Å². The van der Waals surface area contributed by atoms with Crippen LogP contribution in [0.3, 0.4) is 0 Å². The van der Waals surface area contributed by atoms with Crippen LogP contribution in [0, 0.1) is 17.8 Å². The fraction of sp³-hybridized carbons (Fsp3) is 0.644. The van der Waals surface area contributed by atoms with Crippen molar-refractivity contribution in [2.75, 3.05) is 25.1 Å². The molecule has 0 spiro atoms. The third kappa shape index (κ3) is 46.4. The van der Waals surface area contributed by atoms with Crippen molar-refractivity contribution < 1.29 is 141 Å². The highest BCUT2D eigenvalue weighted by molar-refractivity contribution is 7.98. The molecule has 0 aliphatic carbocycles. The van der Waals surface area contributed by atoms with Gasteiger partial charge < -0.3 is 128 Å². The highest BCUT2D eigenvalue weighted by Crippen LogP contribution is 2.37. The van der Waals surface area contributed by atoms with Gasteiger partial charge in [-0.05, 0) is 137 Å². The van der Waals surface area contributed by atoms with Crippen molar-refractivity contribution in [1.82, 2.24) is 63.8 Å². The standard InChI is InChI=1S/C73H119N18O29PS/c1-36(2)31-49(89-66(109)47(27-30-122-7)85-69(112)51(33-38(5)6)88-65(108)46(20-25-57(97)98)82-62(105)44(18-23-55(93)94)80-60(103)41(75)11-8-9-28-74)67(110)81-42(12-10-29-79-73(77)78)61(104)87-50(32-37(3)4)68(111)83-43(17-22-54(76)92)64(107)91-53(35-59(101)102)71(114)90-52(34-39-13-15-40(16-14-39)120-121(117,118)119)70(113)84-45(19-24-56(95)96)63(106)86-48(72(115)116)21-26-58(99)100/h13-16,36-38,41-53H,8-12,17-35,74-75H2,1-7H3,(H2,76,92)(H,80,103)(H,81,110)(H,82,105)(H,83,111)(H,84,113)(H,85,112)(H,86,106)(H,87,104)(H,88,108)(H,89,109)(H,90,114)(H,91,107)(H,93,94)(H,95,96)(H,97,98)(H,99,100)(H,101,102)(H,115,116)(H4,77,78,79)(H2,117,118,119)/t41-,42-,43-,44-,45-,46-,47-,48-,49-,50-,51-,52-,53-/m0/s1. The summed E-state index contributed by atoms with van der Waals surface area (Å²) in [5.74, 6) is -26.0. The van der Waals surface area contributed by atoms with Gasteiger partial charge in [0.15, 0.2) is 5.96 Å². The smallest absolute Gasteiger partial charge is 0.481 e. The van der Waals surface area contributed by atoms with E-state index in [0.29, 0.717) is 19.4 Å². The number of carbonyl (C=O) groups excluding carboxylic acids is 13. The van der Waals surface area contributed by atoms with Gasteiger partial charge in [0, 0.05) is 45.1 Å². The Hall–Kier alpha value is -11.4. The largest absolute Gasteiger partial charge is 0.524 e. The number of primary amides is 1. The first kappa shape index (κ1) is 109. The number of thioether (sulfide) groups is 1. The van der Waals surface area contributed by atoms with Crippen LogP contribution in [0.4, 0.5) is 0 Å². The van der Waals surface area contributed by atoms with Crippen LogP contribution >= 0.6 is 19.6 Å². The van der Waals surface area contributed by atoms with Crippen LogP contribution < -0.4 is 97.0 Å². The van der Waals surface area contributed by atoms with Gasteiger partial charge in [0.05, 0.1) is 12.5 Å². The molecule has 49 heteroatoms. The highest BCUT2D eigenvalue weighted by Gasteiger charge is 2.39. The Kier molecular flexibility index (Phi) is 50.1.